The summed E-state index contributed by atoms with van der Waals surface area (Å²) < 4.78 is 4.98. The number of benzene rings is 1. The van der Waals surface area contributed by atoms with Crippen molar-refractivity contribution in [1.29, 1.82) is 0 Å². The number of aromatic nitrogens is 2. The van der Waals surface area contributed by atoms with Crippen LogP contribution in [0, 0.1) is 5.92 Å². The summed E-state index contributed by atoms with van der Waals surface area (Å²) in [6.45, 7) is 2.87. The van der Waals surface area contributed by atoms with Crippen molar-refractivity contribution < 1.29 is 9.53 Å². The minimum atomic E-state index is -0.331. The first-order valence-corrected chi connectivity index (χ1v) is 9.96. The molecule has 2 aliphatic rings. The highest BCUT2D eigenvalue weighted by atomic mass is 32.1. The first-order valence-electron chi connectivity index (χ1n) is 9.55. The number of rotatable bonds is 4. The molecule has 0 aliphatic carbocycles. The Morgan fingerprint density at radius 3 is 2.89 bits per heavy atom. The third kappa shape index (κ3) is 3.94. The summed E-state index contributed by atoms with van der Waals surface area (Å²) >= 11 is 5.51. The van der Waals surface area contributed by atoms with Crippen molar-refractivity contribution in [3.63, 3.8) is 0 Å². The molecule has 0 amide bonds. The SMILES string of the molecule is O=C1OCCC1NC(=S)N1CCCC(CNc2n[nH]c(=O)c3ccccc23)C1. The number of piperidine rings is 1. The Bertz CT molecular complexity index is 947. The number of nitrogens with one attached hydrogen (secondary N) is 3. The van der Waals surface area contributed by atoms with E-state index in [9.17, 15) is 9.59 Å². The summed E-state index contributed by atoms with van der Waals surface area (Å²) in [5.41, 5.74) is -0.188. The Morgan fingerprint density at radius 1 is 1.29 bits per heavy atom. The number of hydrogen-bond donors (Lipinski definition) is 3. The standard InChI is InChI=1S/C19H23N5O3S/c25-17-14-6-2-1-5-13(14)16(22-23-17)20-10-12-4-3-8-24(11-12)19(28)21-15-7-9-27-18(15)26/h1-2,5-6,12,15H,3-4,7-11H2,(H,20,22)(H,21,28)(H,23,25). The number of H-pyrrole nitrogens is 1. The van der Waals surface area contributed by atoms with Gasteiger partial charge in [0, 0.05) is 31.4 Å². The van der Waals surface area contributed by atoms with Crippen molar-refractivity contribution in [3.05, 3.63) is 34.6 Å². The van der Waals surface area contributed by atoms with Crippen molar-refractivity contribution in [2.75, 3.05) is 31.6 Å². The van der Waals surface area contributed by atoms with Crippen molar-refractivity contribution >= 4 is 39.9 Å². The maximum atomic E-state index is 11.9. The second-order valence-corrected chi connectivity index (χ2v) is 7.63. The number of hydrogen-bond acceptors (Lipinski definition) is 6. The molecule has 1 aromatic carbocycles. The Morgan fingerprint density at radius 2 is 2.11 bits per heavy atom. The van der Waals surface area contributed by atoms with E-state index in [4.69, 9.17) is 17.0 Å². The van der Waals surface area contributed by atoms with Gasteiger partial charge in [-0.15, -0.1) is 0 Å². The Labute approximate surface area is 167 Å². The van der Waals surface area contributed by atoms with Crippen LogP contribution >= 0.6 is 12.2 Å². The lowest BCUT2D eigenvalue weighted by Crippen LogP contribution is -2.50. The normalized spacial score (nSPS) is 22.1. The molecular weight excluding hydrogens is 378 g/mol. The van der Waals surface area contributed by atoms with E-state index in [0.717, 1.165) is 37.9 Å². The number of likely N-dealkylation sites (tertiary alicyclic amines) is 1. The number of anilines is 1. The molecule has 3 heterocycles. The lowest BCUT2D eigenvalue weighted by atomic mass is 9.98. The monoisotopic (exact) mass is 401 g/mol. The Kier molecular flexibility index (Phi) is 5.43. The molecule has 148 valence electrons. The molecule has 0 spiro atoms. The average Bonchev–Trinajstić information content (AvgIpc) is 3.12. The van der Waals surface area contributed by atoms with Gasteiger partial charge in [-0.1, -0.05) is 18.2 Å². The molecule has 2 atom stereocenters. The van der Waals surface area contributed by atoms with E-state index in [1.165, 1.54) is 0 Å². The van der Waals surface area contributed by atoms with Crippen LogP contribution in [-0.2, 0) is 9.53 Å². The zero-order valence-corrected chi connectivity index (χ0v) is 16.3. The topological polar surface area (TPSA) is 99.3 Å². The fraction of sp³-hybridized carbons (Fsp3) is 0.474. The molecule has 8 nitrogen and oxygen atoms in total. The van der Waals surface area contributed by atoms with Crippen LogP contribution in [0.5, 0.6) is 0 Å². The second kappa shape index (κ2) is 8.14. The molecule has 1 aromatic heterocycles. The van der Waals surface area contributed by atoms with Crippen LogP contribution in [-0.4, -0.2) is 58.5 Å². The molecule has 2 aromatic rings. The summed E-state index contributed by atoms with van der Waals surface area (Å²) in [5, 5.41) is 15.3. The lowest BCUT2D eigenvalue weighted by Gasteiger charge is -2.35. The molecular formula is C19H23N5O3S. The van der Waals surface area contributed by atoms with Gasteiger partial charge in [-0.2, -0.15) is 5.10 Å². The van der Waals surface area contributed by atoms with Gasteiger partial charge in [0.15, 0.2) is 10.9 Å². The molecule has 2 unspecified atom stereocenters. The summed E-state index contributed by atoms with van der Waals surface area (Å²) in [6.07, 6.45) is 2.77. The predicted octanol–water partition coefficient (Wildman–Crippen LogP) is 1.24. The van der Waals surface area contributed by atoms with E-state index in [0.29, 0.717) is 35.3 Å². The first-order chi connectivity index (χ1) is 13.6. The zero-order chi connectivity index (χ0) is 19.5. The van der Waals surface area contributed by atoms with Gasteiger partial charge in [0.2, 0.25) is 0 Å². The van der Waals surface area contributed by atoms with E-state index in [1.54, 1.807) is 6.07 Å². The number of esters is 1. The maximum absolute atomic E-state index is 11.9. The van der Waals surface area contributed by atoms with E-state index in [1.807, 2.05) is 18.2 Å². The Hall–Kier alpha value is -2.68. The second-order valence-electron chi connectivity index (χ2n) is 7.24. The fourth-order valence-corrected chi connectivity index (χ4v) is 4.08. The molecule has 2 saturated heterocycles. The molecule has 0 saturated carbocycles. The van der Waals surface area contributed by atoms with Crippen LogP contribution in [0.25, 0.3) is 10.8 Å². The molecule has 4 rings (SSSR count). The molecule has 2 fully saturated rings. The van der Waals surface area contributed by atoms with Crippen LogP contribution in [0.1, 0.15) is 19.3 Å². The minimum absolute atomic E-state index is 0.188. The first kappa shape index (κ1) is 18.7. The number of carbonyl (C=O) groups is 1. The minimum Gasteiger partial charge on any atom is -0.464 e. The molecule has 0 bridgehead atoms. The van der Waals surface area contributed by atoms with Crippen molar-refractivity contribution in [2.45, 2.75) is 25.3 Å². The van der Waals surface area contributed by atoms with Crippen molar-refractivity contribution in [1.82, 2.24) is 20.4 Å². The van der Waals surface area contributed by atoms with Crippen LogP contribution in [0.4, 0.5) is 5.82 Å². The molecule has 0 radical (unpaired) electrons. The quantitative estimate of drug-likeness (QED) is 0.520. The summed E-state index contributed by atoms with van der Waals surface area (Å²) in [6, 6.07) is 7.10. The van der Waals surface area contributed by atoms with E-state index >= 15 is 0 Å². The van der Waals surface area contributed by atoms with E-state index in [-0.39, 0.29) is 17.6 Å². The highest BCUT2D eigenvalue weighted by Gasteiger charge is 2.29. The largest absolute Gasteiger partial charge is 0.464 e. The molecule has 28 heavy (non-hydrogen) atoms. The van der Waals surface area contributed by atoms with Crippen molar-refractivity contribution in [2.24, 2.45) is 5.92 Å². The summed E-state index contributed by atoms with van der Waals surface area (Å²) in [7, 11) is 0. The van der Waals surface area contributed by atoms with Crippen LogP contribution in [0.3, 0.4) is 0 Å². The van der Waals surface area contributed by atoms with Crippen LogP contribution in [0.2, 0.25) is 0 Å². The lowest BCUT2D eigenvalue weighted by molar-refractivity contribution is -0.139. The zero-order valence-electron chi connectivity index (χ0n) is 15.4. The highest BCUT2D eigenvalue weighted by molar-refractivity contribution is 7.80. The van der Waals surface area contributed by atoms with Crippen molar-refractivity contribution in [3.8, 4) is 0 Å². The number of thiocarbonyl (C=S) groups is 1. The van der Waals surface area contributed by atoms with Gasteiger partial charge in [0.25, 0.3) is 5.56 Å². The van der Waals surface area contributed by atoms with Gasteiger partial charge in [-0.05, 0) is 37.0 Å². The van der Waals surface area contributed by atoms with Crippen LogP contribution in [0.15, 0.2) is 29.1 Å². The van der Waals surface area contributed by atoms with Gasteiger partial charge >= 0.3 is 5.97 Å². The van der Waals surface area contributed by atoms with Gasteiger partial charge in [0.1, 0.15) is 6.04 Å². The smallest absolute Gasteiger partial charge is 0.328 e. The van der Waals surface area contributed by atoms with Gasteiger partial charge < -0.3 is 20.3 Å². The molecule has 3 N–H and O–H groups in total. The fourth-order valence-electron chi connectivity index (χ4n) is 3.77. The van der Waals surface area contributed by atoms with Gasteiger partial charge in [-0.3, -0.25) is 4.79 Å². The Balaban J connectivity index is 1.37. The summed E-state index contributed by atoms with van der Waals surface area (Å²) in [4.78, 5) is 25.7. The number of carbonyl (C=O) groups excluding carboxylic acids is 1. The van der Waals surface area contributed by atoms with E-state index in [2.05, 4.69) is 25.7 Å². The number of fused-ring (bicyclic) bond motifs is 1. The predicted molar refractivity (Wildman–Crippen MR) is 110 cm³/mol. The number of nitrogens with zero attached hydrogens (tertiary/aromatic N) is 2. The van der Waals surface area contributed by atoms with E-state index < -0.39 is 0 Å². The third-order valence-electron chi connectivity index (χ3n) is 5.29. The highest BCUT2D eigenvalue weighted by Crippen LogP contribution is 2.21. The molecule has 2 aliphatic heterocycles. The number of cyclic esters (lactones) is 1. The third-order valence-corrected chi connectivity index (χ3v) is 5.67. The molecule has 9 heteroatoms. The maximum Gasteiger partial charge on any atom is 0.328 e. The van der Waals surface area contributed by atoms with Crippen LogP contribution < -0.4 is 16.2 Å². The number of aromatic amines is 1. The van der Waals surface area contributed by atoms with Gasteiger partial charge in [-0.25, -0.2) is 9.89 Å². The summed E-state index contributed by atoms with van der Waals surface area (Å²) in [5.74, 6) is 0.840. The average molecular weight is 401 g/mol. The number of ether oxygens (including phenoxy) is 1. The van der Waals surface area contributed by atoms with Gasteiger partial charge in [0.05, 0.1) is 12.0 Å².